The van der Waals surface area contributed by atoms with Crippen molar-refractivity contribution in [1.82, 2.24) is 0 Å². The monoisotopic (exact) mass is 207 g/mol. The van der Waals surface area contributed by atoms with Crippen molar-refractivity contribution in [2.75, 3.05) is 0 Å². The molecule has 0 saturated heterocycles. The van der Waals surface area contributed by atoms with E-state index in [-0.39, 0.29) is 0 Å². The van der Waals surface area contributed by atoms with Gasteiger partial charge in [-0.05, 0) is 40.8 Å². The van der Waals surface area contributed by atoms with Gasteiger partial charge in [0.25, 0.3) is 0 Å². The first-order chi connectivity index (χ1) is 7.36. The maximum atomic E-state index is 3.79. The minimum atomic E-state index is 1.15. The standard InChI is InChI=1S/C14H11Si/c15-14-12-7-3-1-5-10(12)9-11-6-2-4-8-13(11)14/h1-3,5-7,9H,4,8H2. The summed E-state index contributed by atoms with van der Waals surface area (Å²) < 4.78 is 0. The second-order valence-corrected chi connectivity index (χ2v) is 4.48. The van der Waals surface area contributed by atoms with Gasteiger partial charge >= 0.3 is 0 Å². The number of fused-ring (bicyclic) bond motifs is 2. The topological polar surface area (TPSA) is 0 Å². The molecule has 2 aromatic rings. The Labute approximate surface area is 93.0 Å². The highest BCUT2D eigenvalue weighted by atomic mass is 28.1. The lowest BCUT2D eigenvalue weighted by molar-refractivity contribution is 0.996. The molecule has 0 amide bonds. The Bertz CT molecular complexity index is 553. The predicted molar refractivity (Wildman–Crippen MR) is 66.7 cm³/mol. The Kier molecular flexibility index (Phi) is 1.99. The molecule has 0 heterocycles. The number of rotatable bonds is 0. The van der Waals surface area contributed by atoms with Gasteiger partial charge in [0, 0.05) is 0 Å². The van der Waals surface area contributed by atoms with Crippen LogP contribution in [0.4, 0.5) is 0 Å². The van der Waals surface area contributed by atoms with E-state index in [4.69, 9.17) is 0 Å². The third-order valence-electron chi connectivity index (χ3n) is 3.05. The van der Waals surface area contributed by atoms with Crippen molar-refractivity contribution in [2.24, 2.45) is 0 Å². The largest absolute Gasteiger partial charge is 0.0836 e. The SMILES string of the molecule is [Si]c1c2c(cc3ccccc13)C=CCC2. The quantitative estimate of drug-likeness (QED) is 0.583. The highest BCUT2D eigenvalue weighted by Gasteiger charge is 2.10. The molecule has 0 spiro atoms. The lowest BCUT2D eigenvalue weighted by Crippen LogP contribution is -2.15. The van der Waals surface area contributed by atoms with Gasteiger partial charge in [0.1, 0.15) is 0 Å². The zero-order chi connectivity index (χ0) is 10.3. The summed E-state index contributed by atoms with van der Waals surface area (Å²) in [5.41, 5.74) is 2.82. The van der Waals surface area contributed by atoms with Gasteiger partial charge in [0.05, 0.1) is 10.2 Å². The molecule has 0 saturated carbocycles. The van der Waals surface area contributed by atoms with Gasteiger partial charge in [-0.3, -0.25) is 0 Å². The molecule has 3 radical (unpaired) electrons. The van der Waals surface area contributed by atoms with Crippen LogP contribution in [0.1, 0.15) is 17.5 Å². The van der Waals surface area contributed by atoms with E-state index in [1.807, 2.05) is 0 Å². The molecule has 0 unspecified atom stereocenters. The van der Waals surface area contributed by atoms with Crippen LogP contribution in [0.3, 0.4) is 0 Å². The Hall–Kier alpha value is -1.34. The minimum Gasteiger partial charge on any atom is -0.0836 e. The van der Waals surface area contributed by atoms with Crippen molar-refractivity contribution in [3.8, 4) is 0 Å². The molecule has 1 aliphatic rings. The van der Waals surface area contributed by atoms with Crippen LogP contribution in [-0.2, 0) is 6.42 Å². The zero-order valence-electron chi connectivity index (χ0n) is 8.46. The van der Waals surface area contributed by atoms with E-state index in [0.717, 1.165) is 12.8 Å². The fraction of sp³-hybridized carbons (Fsp3) is 0.143. The van der Waals surface area contributed by atoms with Gasteiger partial charge in [-0.1, -0.05) is 41.6 Å². The number of benzene rings is 2. The van der Waals surface area contributed by atoms with Gasteiger partial charge < -0.3 is 0 Å². The number of allylic oxidation sites excluding steroid dienone is 1. The molecule has 3 rings (SSSR count). The van der Waals surface area contributed by atoms with Crippen molar-refractivity contribution < 1.29 is 0 Å². The van der Waals surface area contributed by atoms with E-state index in [9.17, 15) is 0 Å². The highest BCUT2D eigenvalue weighted by molar-refractivity contribution is 6.40. The molecular formula is C14H11Si. The molecule has 0 aliphatic heterocycles. The van der Waals surface area contributed by atoms with Gasteiger partial charge in [0.15, 0.2) is 0 Å². The van der Waals surface area contributed by atoms with E-state index >= 15 is 0 Å². The Morgan fingerprint density at radius 2 is 2.00 bits per heavy atom. The first-order valence-electron chi connectivity index (χ1n) is 5.29. The summed E-state index contributed by atoms with van der Waals surface area (Å²) in [7, 11) is 3.79. The van der Waals surface area contributed by atoms with Crippen LogP contribution in [0.25, 0.3) is 16.8 Å². The molecule has 0 bridgehead atoms. The van der Waals surface area contributed by atoms with E-state index in [2.05, 4.69) is 52.7 Å². The summed E-state index contributed by atoms with van der Waals surface area (Å²) in [6.45, 7) is 0. The first kappa shape index (κ1) is 8.92. The number of hydrogen-bond acceptors (Lipinski definition) is 0. The molecule has 15 heavy (non-hydrogen) atoms. The van der Waals surface area contributed by atoms with Crippen LogP contribution in [0.5, 0.6) is 0 Å². The molecule has 2 aromatic carbocycles. The van der Waals surface area contributed by atoms with Crippen molar-refractivity contribution in [1.29, 1.82) is 0 Å². The van der Waals surface area contributed by atoms with E-state index < -0.39 is 0 Å². The third kappa shape index (κ3) is 1.35. The second-order valence-electron chi connectivity index (χ2n) is 3.98. The highest BCUT2D eigenvalue weighted by Crippen LogP contribution is 2.22. The van der Waals surface area contributed by atoms with Crippen LogP contribution in [0, 0.1) is 0 Å². The fourth-order valence-electron chi connectivity index (χ4n) is 2.27. The van der Waals surface area contributed by atoms with Crippen molar-refractivity contribution in [3.05, 3.63) is 47.5 Å². The van der Waals surface area contributed by atoms with Crippen LogP contribution >= 0.6 is 0 Å². The summed E-state index contributed by atoms with van der Waals surface area (Å²) in [5.74, 6) is 0. The molecule has 71 valence electrons. The number of hydrogen-bond donors (Lipinski definition) is 0. The van der Waals surface area contributed by atoms with Crippen LogP contribution in [0.2, 0.25) is 0 Å². The van der Waals surface area contributed by atoms with Gasteiger partial charge in [-0.25, -0.2) is 0 Å². The molecule has 0 aromatic heterocycles. The minimum absolute atomic E-state index is 1.15. The fourth-order valence-corrected chi connectivity index (χ4v) is 2.77. The molecule has 0 atom stereocenters. The second kappa shape index (κ2) is 3.35. The molecule has 0 nitrogen and oxygen atoms in total. The van der Waals surface area contributed by atoms with Gasteiger partial charge in [-0.2, -0.15) is 0 Å². The Morgan fingerprint density at radius 1 is 1.13 bits per heavy atom. The molecule has 1 heteroatoms. The van der Waals surface area contributed by atoms with E-state index in [1.165, 1.54) is 27.1 Å². The summed E-state index contributed by atoms with van der Waals surface area (Å²) in [4.78, 5) is 0. The van der Waals surface area contributed by atoms with E-state index in [1.54, 1.807) is 0 Å². The Balaban J connectivity index is 2.42. The van der Waals surface area contributed by atoms with Gasteiger partial charge in [-0.15, -0.1) is 0 Å². The third-order valence-corrected chi connectivity index (χ3v) is 3.62. The van der Waals surface area contributed by atoms with Gasteiger partial charge in [0.2, 0.25) is 0 Å². The molecule has 0 N–H and O–H groups in total. The maximum absolute atomic E-state index is 3.79. The Morgan fingerprint density at radius 3 is 2.93 bits per heavy atom. The molecular weight excluding hydrogens is 196 g/mol. The van der Waals surface area contributed by atoms with E-state index in [0.29, 0.717) is 0 Å². The van der Waals surface area contributed by atoms with Crippen LogP contribution in [0.15, 0.2) is 36.4 Å². The average molecular weight is 207 g/mol. The van der Waals surface area contributed by atoms with Crippen LogP contribution < -0.4 is 5.19 Å². The summed E-state index contributed by atoms with van der Waals surface area (Å²) >= 11 is 0. The first-order valence-corrected chi connectivity index (χ1v) is 5.79. The smallest absolute Gasteiger partial charge is 0.0724 e. The van der Waals surface area contributed by atoms with Crippen molar-refractivity contribution >= 4 is 32.3 Å². The summed E-state index contributed by atoms with van der Waals surface area (Å²) in [5, 5.41) is 3.91. The van der Waals surface area contributed by atoms with Crippen molar-refractivity contribution in [2.45, 2.75) is 12.8 Å². The maximum Gasteiger partial charge on any atom is 0.0724 e. The lowest BCUT2D eigenvalue weighted by atomic mass is 9.93. The average Bonchev–Trinajstić information content (AvgIpc) is 2.30. The predicted octanol–water partition coefficient (Wildman–Crippen LogP) is 2.59. The summed E-state index contributed by atoms with van der Waals surface area (Å²) in [6, 6.07) is 10.8. The van der Waals surface area contributed by atoms with Crippen molar-refractivity contribution in [3.63, 3.8) is 0 Å². The molecule has 0 fully saturated rings. The normalized spacial score (nSPS) is 14.2. The summed E-state index contributed by atoms with van der Waals surface area (Å²) in [6.07, 6.45) is 6.79. The molecule has 1 aliphatic carbocycles. The van der Waals surface area contributed by atoms with Crippen LogP contribution in [-0.4, -0.2) is 10.2 Å². The zero-order valence-corrected chi connectivity index (χ0v) is 9.46. The lowest BCUT2D eigenvalue weighted by Gasteiger charge is -2.15.